The molecule has 0 N–H and O–H groups in total. The zero-order valence-corrected chi connectivity index (χ0v) is 11.9. The number of hydrogen-bond acceptors (Lipinski definition) is 0. The van der Waals surface area contributed by atoms with E-state index in [1.807, 2.05) is 0 Å². The minimum absolute atomic E-state index is 0.782. The topological polar surface area (TPSA) is 0 Å². The molecule has 0 amide bonds. The third-order valence-electron chi connectivity index (χ3n) is 2.75. The molecule has 0 aliphatic heterocycles. The molecule has 0 spiro atoms. The van der Waals surface area contributed by atoms with Crippen molar-refractivity contribution >= 4 is 23.1 Å². The van der Waals surface area contributed by atoms with E-state index < -0.39 is 14.3 Å². The van der Waals surface area contributed by atoms with Gasteiger partial charge < -0.3 is 0 Å². The number of rotatable bonds is 3. The molecule has 0 aliphatic carbocycles. The quantitative estimate of drug-likeness (QED) is 0.752. The van der Waals surface area contributed by atoms with Gasteiger partial charge in [-0.05, 0) is 0 Å². The molecule has 2 aromatic carbocycles. The van der Waals surface area contributed by atoms with Gasteiger partial charge in [0, 0.05) is 0 Å². The maximum atomic E-state index is 2.36. The molecule has 0 saturated carbocycles. The van der Waals surface area contributed by atoms with Gasteiger partial charge >= 0.3 is 102 Å². The van der Waals surface area contributed by atoms with E-state index in [0.717, 1.165) is 4.75 Å². The first-order valence-electron chi connectivity index (χ1n) is 5.76. The van der Waals surface area contributed by atoms with Crippen LogP contribution >= 0.6 is 0 Å². The second kappa shape index (κ2) is 5.35. The Labute approximate surface area is 102 Å². The summed E-state index contributed by atoms with van der Waals surface area (Å²) in [5, 5.41) is 0. The molecule has 0 nitrogen and oxygen atoms in total. The predicted octanol–water partition coefficient (Wildman–Crippen LogP) is 2.71. The summed E-state index contributed by atoms with van der Waals surface area (Å²) >= 11 is -1.33. The van der Waals surface area contributed by atoms with E-state index in [-0.39, 0.29) is 0 Å². The number of benzene rings is 2. The molecule has 0 aromatic heterocycles. The van der Waals surface area contributed by atoms with Crippen LogP contribution in [0, 0.1) is 0 Å². The van der Waals surface area contributed by atoms with E-state index in [2.05, 4.69) is 74.5 Å². The van der Waals surface area contributed by atoms with Gasteiger partial charge in [0.05, 0.1) is 0 Å². The average Bonchev–Trinajstić information content (AvgIpc) is 2.31. The Hall–Kier alpha value is -1.02. The van der Waals surface area contributed by atoms with Crippen LogP contribution in [-0.4, -0.2) is 14.3 Å². The standard InChI is InChI=1S/C15H17Ge/c1-13(2)16(14-9-5-3-6-10-14)15-11-7-4-8-12-15/h3-13H,1-2H3. The molecule has 0 atom stereocenters. The predicted molar refractivity (Wildman–Crippen MR) is 73.0 cm³/mol. The first kappa shape index (κ1) is 11.5. The van der Waals surface area contributed by atoms with Crippen molar-refractivity contribution in [3.63, 3.8) is 0 Å². The fraction of sp³-hybridized carbons (Fsp3) is 0.200. The van der Waals surface area contributed by atoms with Gasteiger partial charge in [-0.25, -0.2) is 0 Å². The summed E-state index contributed by atoms with van der Waals surface area (Å²) in [6.07, 6.45) is 0. The monoisotopic (exact) mass is 271 g/mol. The van der Waals surface area contributed by atoms with Crippen LogP contribution < -0.4 is 8.79 Å². The average molecular weight is 270 g/mol. The Kier molecular flexibility index (Phi) is 3.84. The van der Waals surface area contributed by atoms with E-state index >= 15 is 0 Å². The molecule has 16 heavy (non-hydrogen) atoms. The first-order valence-corrected chi connectivity index (χ1v) is 9.07. The molecule has 1 heteroatoms. The normalized spacial score (nSPS) is 11.0. The summed E-state index contributed by atoms with van der Waals surface area (Å²) < 4.78 is 3.93. The summed E-state index contributed by atoms with van der Waals surface area (Å²) in [4.78, 5) is 0. The Morgan fingerprint density at radius 2 is 1.06 bits per heavy atom. The van der Waals surface area contributed by atoms with E-state index in [1.54, 1.807) is 8.79 Å². The fourth-order valence-corrected chi connectivity index (χ4v) is 7.88. The maximum absolute atomic E-state index is 2.36. The SMILES string of the molecule is C[CH](C)[Ge]([c]1ccccc1)[c]1ccccc1. The van der Waals surface area contributed by atoms with Crippen LogP contribution in [0.4, 0.5) is 0 Å². The van der Waals surface area contributed by atoms with Gasteiger partial charge in [-0.15, -0.1) is 0 Å². The van der Waals surface area contributed by atoms with E-state index in [0.29, 0.717) is 0 Å². The van der Waals surface area contributed by atoms with Crippen molar-refractivity contribution in [2.24, 2.45) is 0 Å². The van der Waals surface area contributed by atoms with Gasteiger partial charge in [-0.2, -0.15) is 0 Å². The van der Waals surface area contributed by atoms with E-state index in [4.69, 9.17) is 0 Å². The van der Waals surface area contributed by atoms with Gasteiger partial charge in [-0.3, -0.25) is 0 Å². The van der Waals surface area contributed by atoms with Crippen LogP contribution in [0.15, 0.2) is 60.7 Å². The van der Waals surface area contributed by atoms with E-state index in [9.17, 15) is 0 Å². The summed E-state index contributed by atoms with van der Waals surface area (Å²) in [7, 11) is 0. The molecular formula is C15H17Ge. The van der Waals surface area contributed by atoms with Gasteiger partial charge in [0.25, 0.3) is 0 Å². The molecule has 2 aromatic rings. The summed E-state index contributed by atoms with van der Waals surface area (Å²) in [6, 6.07) is 22.0. The van der Waals surface area contributed by atoms with Crippen molar-refractivity contribution in [3.05, 3.63) is 60.7 Å². The molecule has 0 saturated heterocycles. The van der Waals surface area contributed by atoms with Gasteiger partial charge in [-0.1, -0.05) is 0 Å². The summed E-state index contributed by atoms with van der Waals surface area (Å²) in [5.41, 5.74) is 0. The molecule has 0 unspecified atom stereocenters. The van der Waals surface area contributed by atoms with E-state index in [1.165, 1.54) is 0 Å². The van der Waals surface area contributed by atoms with Crippen LogP contribution in [0.3, 0.4) is 0 Å². The first-order chi connectivity index (χ1) is 7.79. The van der Waals surface area contributed by atoms with Gasteiger partial charge in [0.15, 0.2) is 0 Å². The Balaban J connectivity index is 2.40. The third-order valence-corrected chi connectivity index (χ3v) is 9.18. The number of hydrogen-bond donors (Lipinski definition) is 0. The van der Waals surface area contributed by atoms with Crippen LogP contribution in [0.5, 0.6) is 0 Å². The van der Waals surface area contributed by atoms with Gasteiger partial charge in [0.1, 0.15) is 0 Å². The van der Waals surface area contributed by atoms with Crippen molar-refractivity contribution in [2.75, 3.05) is 0 Å². The Morgan fingerprint density at radius 3 is 1.38 bits per heavy atom. The second-order valence-electron chi connectivity index (χ2n) is 4.30. The van der Waals surface area contributed by atoms with Crippen molar-refractivity contribution in [3.8, 4) is 0 Å². The summed E-state index contributed by atoms with van der Waals surface area (Å²) in [6.45, 7) is 4.71. The van der Waals surface area contributed by atoms with Crippen molar-refractivity contribution < 1.29 is 0 Å². The zero-order chi connectivity index (χ0) is 11.4. The molecule has 2 rings (SSSR count). The molecule has 0 heterocycles. The minimum atomic E-state index is -1.33. The second-order valence-corrected chi connectivity index (χ2v) is 10.9. The molecule has 0 fully saturated rings. The Bertz CT molecular complexity index is 380. The molecule has 0 aliphatic rings. The van der Waals surface area contributed by atoms with Crippen LogP contribution in [0.25, 0.3) is 0 Å². The van der Waals surface area contributed by atoms with Gasteiger partial charge in [0.2, 0.25) is 0 Å². The van der Waals surface area contributed by atoms with Crippen molar-refractivity contribution in [1.82, 2.24) is 0 Å². The van der Waals surface area contributed by atoms with Crippen molar-refractivity contribution in [1.29, 1.82) is 0 Å². The Morgan fingerprint density at radius 1 is 0.688 bits per heavy atom. The summed E-state index contributed by atoms with van der Waals surface area (Å²) in [5.74, 6) is 0. The van der Waals surface area contributed by atoms with Crippen LogP contribution in [0.2, 0.25) is 4.75 Å². The molecule has 1 radical (unpaired) electrons. The zero-order valence-electron chi connectivity index (χ0n) is 9.85. The van der Waals surface area contributed by atoms with Crippen LogP contribution in [-0.2, 0) is 0 Å². The fourth-order valence-electron chi connectivity index (χ4n) is 2.07. The molecular weight excluding hydrogens is 253 g/mol. The van der Waals surface area contributed by atoms with Crippen LogP contribution in [0.1, 0.15) is 13.8 Å². The molecule has 81 valence electrons. The van der Waals surface area contributed by atoms with Crippen molar-refractivity contribution in [2.45, 2.75) is 18.6 Å². The third kappa shape index (κ3) is 2.56. The molecule has 0 bridgehead atoms.